The van der Waals surface area contributed by atoms with Gasteiger partial charge in [0.2, 0.25) is 5.75 Å². The first-order valence-electron chi connectivity index (χ1n) is 5.92. The van der Waals surface area contributed by atoms with E-state index in [0.29, 0.717) is 22.8 Å². The van der Waals surface area contributed by atoms with Crippen LogP contribution in [0, 0.1) is 0 Å². The molecule has 20 heavy (non-hydrogen) atoms. The predicted molar refractivity (Wildman–Crippen MR) is 76.9 cm³/mol. The maximum atomic E-state index is 11.9. The average molecular weight is 278 g/mol. The summed E-state index contributed by atoms with van der Waals surface area (Å²) in [6, 6.07) is 3.11. The van der Waals surface area contributed by atoms with Gasteiger partial charge in [-0.15, -0.1) is 0 Å². The van der Waals surface area contributed by atoms with E-state index in [4.69, 9.17) is 14.2 Å². The van der Waals surface area contributed by atoms with Gasteiger partial charge in [-0.25, -0.2) is 5.43 Å². The zero-order chi connectivity index (χ0) is 15.0. The number of hydrazone groups is 1. The number of hydrogen-bond acceptors (Lipinski definition) is 5. The summed E-state index contributed by atoms with van der Waals surface area (Å²) < 4.78 is 15.5. The van der Waals surface area contributed by atoms with Crippen LogP contribution < -0.4 is 19.6 Å². The van der Waals surface area contributed by atoms with E-state index in [1.807, 2.05) is 6.92 Å². The quantitative estimate of drug-likeness (QED) is 0.638. The van der Waals surface area contributed by atoms with Gasteiger partial charge >= 0.3 is 0 Å². The molecule has 0 saturated heterocycles. The maximum Gasteiger partial charge on any atom is 0.271 e. The molecular weight excluding hydrogens is 260 g/mol. The number of rotatable bonds is 6. The molecule has 0 heterocycles. The molecule has 1 amide bonds. The standard InChI is InChI=1S/C14H18N2O4/c1-5-6-7-15-16-14(17)10-8-11(18-2)13(20-4)12(9-10)19-3/h5-9H,1-4H3,(H,16,17). The van der Waals surface area contributed by atoms with Gasteiger partial charge in [-0.05, 0) is 25.1 Å². The molecule has 0 aliphatic rings. The average Bonchev–Trinajstić information content (AvgIpc) is 2.49. The number of methoxy groups -OCH3 is 3. The molecule has 1 aromatic carbocycles. The van der Waals surface area contributed by atoms with E-state index in [0.717, 1.165) is 0 Å². The van der Waals surface area contributed by atoms with Crippen molar-refractivity contribution in [2.24, 2.45) is 5.10 Å². The third kappa shape index (κ3) is 3.74. The Hall–Kier alpha value is -2.50. The number of benzene rings is 1. The highest BCUT2D eigenvalue weighted by atomic mass is 16.5. The summed E-state index contributed by atoms with van der Waals surface area (Å²) in [5.74, 6) is 0.887. The lowest BCUT2D eigenvalue weighted by Crippen LogP contribution is -2.17. The van der Waals surface area contributed by atoms with Gasteiger partial charge in [-0.2, -0.15) is 5.10 Å². The van der Waals surface area contributed by atoms with Crippen LogP contribution in [0.5, 0.6) is 17.2 Å². The van der Waals surface area contributed by atoms with E-state index < -0.39 is 0 Å². The Labute approximate surface area is 118 Å². The zero-order valence-electron chi connectivity index (χ0n) is 12.0. The summed E-state index contributed by atoms with van der Waals surface area (Å²) in [6.45, 7) is 1.85. The van der Waals surface area contributed by atoms with Crippen molar-refractivity contribution in [1.82, 2.24) is 5.43 Å². The molecule has 0 fully saturated rings. The van der Waals surface area contributed by atoms with Gasteiger partial charge in [0.25, 0.3) is 5.91 Å². The second kappa shape index (κ2) is 7.83. The fraction of sp³-hybridized carbons (Fsp3) is 0.286. The fourth-order valence-electron chi connectivity index (χ4n) is 1.50. The highest BCUT2D eigenvalue weighted by Crippen LogP contribution is 2.38. The smallest absolute Gasteiger partial charge is 0.271 e. The molecule has 0 spiro atoms. The highest BCUT2D eigenvalue weighted by Gasteiger charge is 2.16. The van der Waals surface area contributed by atoms with Crippen molar-refractivity contribution >= 4 is 12.1 Å². The third-order valence-electron chi connectivity index (χ3n) is 2.45. The van der Waals surface area contributed by atoms with E-state index in [-0.39, 0.29) is 5.91 Å². The number of hydrogen-bond donors (Lipinski definition) is 1. The monoisotopic (exact) mass is 278 g/mol. The summed E-state index contributed by atoms with van der Waals surface area (Å²) in [4.78, 5) is 11.9. The number of ether oxygens (including phenoxy) is 3. The van der Waals surface area contributed by atoms with Crippen LogP contribution in [0.2, 0.25) is 0 Å². The summed E-state index contributed by atoms with van der Waals surface area (Å²) in [6.07, 6.45) is 4.99. The molecule has 0 unspecified atom stereocenters. The van der Waals surface area contributed by atoms with Gasteiger partial charge in [0.1, 0.15) is 0 Å². The van der Waals surface area contributed by atoms with Crippen LogP contribution in [-0.4, -0.2) is 33.5 Å². The number of carbonyl (C=O) groups is 1. The lowest BCUT2D eigenvalue weighted by atomic mass is 10.1. The lowest BCUT2D eigenvalue weighted by molar-refractivity contribution is 0.0954. The first-order valence-corrected chi connectivity index (χ1v) is 5.92. The Morgan fingerprint density at radius 3 is 2.20 bits per heavy atom. The predicted octanol–water partition coefficient (Wildman–Crippen LogP) is 2.00. The molecular formula is C14H18N2O4. The molecule has 1 rings (SSSR count). The maximum absolute atomic E-state index is 11.9. The zero-order valence-corrected chi connectivity index (χ0v) is 12.0. The molecule has 0 bridgehead atoms. The van der Waals surface area contributed by atoms with Crippen molar-refractivity contribution in [1.29, 1.82) is 0 Å². The van der Waals surface area contributed by atoms with E-state index in [9.17, 15) is 4.79 Å². The number of nitrogens with one attached hydrogen (secondary N) is 1. The molecule has 1 N–H and O–H groups in total. The molecule has 108 valence electrons. The number of amides is 1. The van der Waals surface area contributed by atoms with Crippen LogP contribution in [0.4, 0.5) is 0 Å². The molecule has 1 aromatic rings. The van der Waals surface area contributed by atoms with Gasteiger partial charge < -0.3 is 14.2 Å². The number of carbonyl (C=O) groups excluding carboxylic acids is 1. The van der Waals surface area contributed by atoms with Crippen LogP contribution in [0.3, 0.4) is 0 Å². The molecule has 6 nitrogen and oxygen atoms in total. The topological polar surface area (TPSA) is 69.2 Å². The third-order valence-corrected chi connectivity index (χ3v) is 2.45. The van der Waals surface area contributed by atoms with E-state index >= 15 is 0 Å². The Morgan fingerprint density at radius 1 is 1.15 bits per heavy atom. The molecule has 0 aromatic heterocycles. The van der Waals surface area contributed by atoms with Crippen molar-refractivity contribution in [2.45, 2.75) is 6.92 Å². The van der Waals surface area contributed by atoms with E-state index in [2.05, 4.69) is 10.5 Å². The van der Waals surface area contributed by atoms with Crippen LogP contribution in [-0.2, 0) is 0 Å². The summed E-state index contributed by atoms with van der Waals surface area (Å²) >= 11 is 0. The van der Waals surface area contributed by atoms with E-state index in [1.54, 1.807) is 24.3 Å². The van der Waals surface area contributed by atoms with Gasteiger partial charge in [0.15, 0.2) is 11.5 Å². The second-order valence-electron chi connectivity index (χ2n) is 3.66. The number of nitrogens with zero attached hydrogens (tertiary/aromatic N) is 1. The fourth-order valence-corrected chi connectivity index (χ4v) is 1.50. The lowest BCUT2D eigenvalue weighted by Gasteiger charge is -2.13. The Bertz CT molecular complexity index is 499. The Balaban J connectivity index is 3.03. The Kier molecular flexibility index (Phi) is 6.09. The van der Waals surface area contributed by atoms with Crippen molar-refractivity contribution in [2.75, 3.05) is 21.3 Å². The van der Waals surface area contributed by atoms with Crippen LogP contribution in [0.1, 0.15) is 17.3 Å². The summed E-state index contributed by atoms with van der Waals surface area (Å²) in [5, 5.41) is 3.77. The van der Waals surface area contributed by atoms with Gasteiger partial charge in [-0.3, -0.25) is 4.79 Å². The minimum Gasteiger partial charge on any atom is -0.493 e. The van der Waals surface area contributed by atoms with Gasteiger partial charge in [-0.1, -0.05) is 6.08 Å². The molecule has 0 atom stereocenters. The van der Waals surface area contributed by atoms with Crippen LogP contribution in [0.15, 0.2) is 29.4 Å². The van der Waals surface area contributed by atoms with Crippen molar-refractivity contribution < 1.29 is 19.0 Å². The molecule has 0 aliphatic carbocycles. The van der Waals surface area contributed by atoms with Crippen molar-refractivity contribution in [3.05, 3.63) is 29.8 Å². The van der Waals surface area contributed by atoms with Crippen LogP contribution >= 0.6 is 0 Å². The van der Waals surface area contributed by atoms with Crippen LogP contribution in [0.25, 0.3) is 0 Å². The van der Waals surface area contributed by atoms with E-state index in [1.165, 1.54) is 27.5 Å². The summed E-state index contributed by atoms with van der Waals surface area (Å²) in [5.41, 5.74) is 2.76. The number of allylic oxidation sites excluding steroid dienone is 2. The molecule has 6 heteroatoms. The molecule has 0 radical (unpaired) electrons. The normalized spacial score (nSPS) is 10.8. The largest absolute Gasteiger partial charge is 0.493 e. The van der Waals surface area contributed by atoms with Gasteiger partial charge in [0.05, 0.1) is 21.3 Å². The highest BCUT2D eigenvalue weighted by molar-refractivity contribution is 5.96. The second-order valence-corrected chi connectivity index (χ2v) is 3.66. The van der Waals surface area contributed by atoms with Gasteiger partial charge in [0, 0.05) is 11.8 Å². The minimum atomic E-state index is -0.370. The first kappa shape index (κ1) is 15.6. The van der Waals surface area contributed by atoms with Crippen molar-refractivity contribution in [3.63, 3.8) is 0 Å². The molecule has 0 aliphatic heterocycles. The Morgan fingerprint density at radius 2 is 1.75 bits per heavy atom. The SMILES string of the molecule is CC=CC=NNC(=O)c1cc(OC)c(OC)c(OC)c1. The first-order chi connectivity index (χ1) is 9.67. The minimum absolute atomic E-state index is 0.358. The van der Waals surface area contributed by atoms with Crippen molar-refractivity contribution in [3.8, 4) is 17.2 Å². The summed E-state index contributed by atoms with van der Waals surface area (Å²) in [7, 11) is 4.48. The molecule has 0 saturated carbocycles.